The van der Waals surface area contributed by atoms with Crippen LogP contribution < -0.4 is 10.2 Å². The third kappa shape index (κ3) is 6.46. The molecule has 33 heavy (non-hydrogen) atoms. The summed E-state index contributed by atoms with van der Waals surface area (Å²) in [6, 6.07) is 12.1. The van der Waals surface area contributed by atoms with E-state index < -0.39 is 0 Å². The van der Waals surface area contributed by atoms with Gasteiger partial charge in [0.25, 0.3) is 0 Å². The molecule has 0 saturated carbocycles. The first-order valence-corrected chi connectivity index (χ1v) is 12.1. The Balaban J connectivity index is 1.20. The number of pyridine rings is 1. The molecule has 2 aromatic rings. The standard InChI is InChI=1S/C26H35N5O2/c1-21-6-8-22(9-7-21)18-25(32)30-14-16-31(17-15-30)26(33)28-20-23-10-11-24(27-19-23)29-12-4-2-3-5-13-29/h6-11,19H,2-5,12-18,20H2,1H3,(H,28,33). The number of carbonyl (C=O) groups is 2. The summed E-state index contributed by atoms with van der Waals surface area (Å²) in [6.45, 7) is 6.89. The Morgan fingerprint density at radius 1 is 0.818 bits per heavy atom. The fraction of sp³-hybridized carbons (Fsp3) is 0.500. The molecule has 2 aliphatic rings. The Kier molecular flexibility index (Phi) is 7.81. The van der Waals surface area contributed by atoms with Crippen molar-refractivity contribution in [3.8, 4) is 0 Å². The smallest absolute Gasteiger partial charge is 0.317 e. The van der Waals surface area contributed by atoms with Gasteiger partial charge >= 0.3 is 6.03 Å². The van der Waals surface area contributed by atoms with Gasteiger partial charge in [0.15, 0.2) is 0 Å². The zero-order valence-corrected chi connectivity index (χ0v) is 19.6. The number of aromatic nitrogens is 1. The van der Waals surface area contributed by atoms with Crippen molar-refractivity contribution in [3.63, 3.8) is 0 Å². The third-order valence-electron chi connectivity index (χ3n) is 6.58. The molecular weight excluding hydrogens is 414 g/mol. The molecule has 0 radical (unpaired) electrons. The van der Waals surface area contributed by atoms with Crippen molar-refractivity contribution in [2.75, 3.05) is 44.2 Å². The van der Waals surface area contributed by atoms with Gasteiger partial charge in [0.2, 0.25) is 5.91 Å². The second-order valence-corrected chi connectivity index (χ2v) is 9.11. The number of amides is 3. The number of hydrogen-bond acceptors (Lipinski definition) is 4. The summed E-state index contributed by atoms with van der Waals surface area (Å²) in [6.07, 6.45) is 7.33. The predicted molar refractivity (Wildman–Crippen MR) is 130 cm³/mol. The summed E-state index contributed by atoms with van der Waals surface area (Å²) >= 11 is 0. The molecule has 2 fully saturated rings. The molecule has 176 valence electrons. The van der Waals surface area contributed by atoms with Gasteiger partial charge in [-0.25, -0.2) is 9.78 Å². The van der Waals surface area contributed by atoms with E-state index in [1.165, 1.54) is 31.2 Å². The van der Waals surface area contributed by atoms with Gasteiger partial charge in [-0.15, -0.1) is 0 Å². The molecule has 0 atom stereocenters. The molecule has 2 saturated heterocycles. The van der Waals surface area contributed by atoms with Crippen LogP contribution in [0.2, 0.25) is 0 Å². The van der Waals surface area contributed by atoms with Crippen molar-refractivity contribution in [3.05, 3.63) is 59.3 Å². The summed E-state index contributed by atoms with van der Waals surface area (Å²) in [5.74, 6) is 1.15. The minimum Gasteiger partial charge on any atom is -0.357 e. The Bertz CT molecular complexity index is 913. The van der Waals surface area contributed by atoms with Crippen LogP contribution in [0, 0.1) is 6.92 Å². The zero-order valence-electron chi connectivity index (χ0n) is 19.6. The molecule has 0 aliphatic carbocycles. The summed E-state index contributed by atoms with van der Waals surface area (Å²) in [4.78, 5) is 35.8. The van der Waals surface area contributed by atoms with E-state index in [1.807, 2.05) is 42.3 Å². The van der Waals surface area contributed by atoms with Crippen LogP contribution in [-0.2, 0) is 17.8 Å². The van der Waals surface area contributed by atoms with Crippen LogP contribution >= 0.6 is 0 Å². The maximum absolute atomic E-state index is 12.6. The zero-order chi connectivity index (χ0) is 23.0. The van der Waals surface area contributed by atoms with Crippen molar-refractivity contribution in [2.24, 2.45) is 0 Å². The van der Waals surface area contributed by atoms with Crippen LogP contribution in [0.25, 0.3) is 0 Å². The van der Waals surface area contributed by atoms with Gasteiger partial charge in [-0.3, -0.25) is 4.79 Å². The Morgan fingerprint density at radius 3 is 2.09 bits per heavy atom. The number of rotatable bonds is 5. The highest BCUT2D eigenvalue weighted by molar-refractivity contribution is 5.79. The van der Waals surface area contributed by atoms with E-state index >= 15 is 0 Å². The van der Waals surface area contributed by atoms with E-state index in [-0.39, 0.29) is 11.9 Å². The van der Waals surface area contributed by atoms with Crippen LogP contribution in [0.4, 0.5) is 10.6 Å². The van der Waals surface area contributed by atoms with Crippen molar-refractivity contribution < 1.29 is 9.59 Å². The highest BCUT2D eigenvalue weighted by atomic mass is 16.2. The average molecular weight is 450 g/mol. The first-order valence-electron chi connectivity index (χ1n) is 12.1. The average Bonchev–Trinajstić information content (AvgIpc) is 3.14. The SMILES string of the molecule is Cc1ccc(CC(=O)N2CCN(C(=O)NCc3ccc(N4CCCCCC4)nc3)CC2)cc1. The first-order chi connectivity index (χ1) is 16.1. The third-order valence-corrected chi connectivity index (χ3v) is 6.58. The van der Waals surface area contributed by atoms with E-state index in [0.717, 1.165) is 30.0 Å². The second-order valence-electron chi connectivity index (χ2n) is 9.11. The lowest BCUT2D eigenvalue weighted by molar-refractivity contribution is -0.131. The fourth-order valence-corrected chi connectivity index (χ4v) is 4.45. The molecule has 1 N–H and O–H groups in total. The molecule has 4 rings (SSSR count). The Hall–Kier alpha value is -3.09. The summed E-state index contributed by atoms with van der Waals surface area (Å²) in [7, 11) is 0. The number of urea groups is 1. The number of nitrogens with one attached hydrogen (secondary N) is 1. The molecule has 0 unspecified atom stereocenters. The highest BCUT2D eigenvalue weighted by Gasteiger charge is 2.24. The Morgan fingerprint density at radius 2 is 1.45 bits per heavy atom. The molecule has 7 nitrogen and oxygen atoms in total. The number of aryl methyl sites for hydroxylation is 1. The topological polar surface area (TPSA) is 68.8 Å². The maximum atomic E-state index is 12.6. The van der Waals surface area contributed by atoms with E-state index in [1.54, 1.807) is 4.90 Å². The highest BCUT2D eigenvalue weighted by Crippen LogP contribution is 2.17. The molecule has 3 heterocycles. The number of anilines is 1. The van der Waals surface area contributed by atoms with E-state index in [4.69, 9.17) is 0 Å². The normalized spacial score (nSPS) is 16.9. The fourth-order valence-electron chi connectivity index (χ4n) is 4.45. The minimum atomic E-state index is -0.0859. The van der Waals surface area contributed by atoms with Crippen molar-refractivity contribution in [2.45, 2.75) is 45.6 Å². The van der Waals surface area contributed by atoms with Gasteiger partial charge in [-0.1, -0.05) is 48.7 Å². The second kappa shape index (κ2) is 11.2. The molecule has 3 amide bonds. The molecule has 1 aromatic carbocycles. The van der Waals surface area contributed by atoms with Crippen molar-refractivity contribution in [1.29, 1.82) is 0 Å². The molecule has 0 bridgehead atoms. The van der Waals surface area contributed by atoms with Crippen LogP contribution in [0.15, 0.2) is 42.6 Å². The summed E-state index contributed by atoms with van der Waals surface area (Å²) in [5.41, 5.74) is 3.21. The van der Waals surface area contributed by atoms with E-state index in [9.17, 15) is 9.59 Å². The Labute approximate surface area is 196 Å². The van der Waals surface area contributed by atoms with Crippen LogP contribution in [-0.4, -0.2) is 66.0 Å². The van der Waals surface area contributed by atoms with Crippen LogP contribution in [0.3, 0.4) is 0 Å². The monoisotopic (exact) mass is 449 g/mol. The van der Waals surface area contributed by atoms with Gasteiger partial charge < -0.3 is 20.0 Å². The number of nitrogens with zero attached hydrogens (tertiary/aromatic N) is 4. The van der Waals surface area contributed by atoms with Crippen LogP contribution in [0.5, 0.6) is 0 Å². The van der Waals surface area contributed by atoms with Gasteiger partial charge in [0, 0.05) is 52.0 Å². The molecule has 1 aromatic heterocycles. The first kappa shape index (κ1) is 23.1. The number of hydrogen-bond donors (Lipinski definition) is 1. The molecule has 0 spiro atoms. The summed E-state index contributed by atoms with van der Waals surface area (Å²) in [5, 5.41) is 3.00. The van der Waals surface area contributed by atoms with Gasteiger partial charge in [0.1, 0.15) is 5.82 Å². The minimum absolute atomic E-state index is 0.0859. The van der Waals surface area contributed by atoms with Gasteiger partial charge in [0.05, 0.1) is 6.42 Å². The lowest BCUT2D eigenvalue weighted by Gasteiger charge is -2.34. The number of piperazine rings is 1. The van der Waals surface area contributed by atoms with E-state index in [0.29, 0.717) is 39.1 Å². The van der Waals surface area contributed by atoms with Gasteiger partial charge in [-0.2, -0.15) is 0 Å². The largest absolute Gasteiger partial charge is 0.357 e. The molecular formula is C26H35N5O2. The number of carbonyl (C=O) groups excluding carboxylic acids is 2. The molecule has 2 aliphatic heterocycles. The lowest BCUT2D eigenvalue weighted by Crippen LogP contribution is -2.53. The van der Waals surface area contributed by atoms with Gasteiger partial charge in [-0.05, 0) is 37.0 Å². The van der Waals surface area contributed by atoms with Crippen molar-refractivity contribution >= 4 is 17.8 Å². The van der Waals surface area contributed by atoms with E-state index in [2.05, 4.69) is 27.3 Å². The summed E-state index contributed by atoms with van der Waals surface area (Å²) < 4.78 is 0. The molecule has 7 heteroatoms. The predicted octanol–water partition coefficient (Wildman–Crippen LogP) is 3.37. The van der Waals surface area contributed by atoms with Crippen molar-refractivity contribution in [1.82, 2.24) is 20.1 Å². The lowest BCUT2D eigenvalue weighted by atomic mass is 10.1. The maximum Gasteiger partial charge on any atom is 0.317 e. The van der Waals surface area contributed by atoms with Crippen LogP contribution in [0.1, 0.15) is 42.4 Å². The number of benzene rings is 1. The quantitative estimate of drug-likeness (QED) is 0.760.